The van der Waals surface area contributed by atoms with Crippen LogP contribution in [0.25, 0.3) is 10.9 Å². The number of nitrogens with zero attached hydrogens (tertiary/aromatic N) is 1. The van der Waals surface area contributed by atoms with Gasteiger partial charge < -0.3 is 4.57 Å². The molecule has 96 valence electrons. The Morgan fingerprint density at radius 3 is 2.83 bits per heavy atom. The Labute approximate surface area is 108 Å². The number of rotatable bonds is 2. The van der Waals surface area contributed by atoms with Gasteiger partial charge in [0.1, 0.15) is 6.67 Å². The molecule has 2 atom stereocenters. The molecule has 3 rings (SSSR count). The van der Waals surface area contributed by atoms with Crippen LogP contribution >= 0.6 is 0 Å². The van der Waals surface area contributed by atoms with E-state index in [4.69, 9.17) is 0 Å². The SMILES string of the molecule is CC1Cc2c(c3ccccc3n2CCF)C(C)C1. The molecule has 0 fully saturated rings. The molecule has 1 aliphatic rings. The van der Waals surface area contributed by atoms with Crippen molar-refractivity contribution >= 4 is 10.9 Å². The van der Waals surface area contributed by atoms with Crippen LogP contribution in [0, 0.1) is 5.92 Å². The minimum absolute atomic E-state index is 0.284. The molecule has 0 saturated heterocycles. The molecule has 2 heteroatoms. The second-order valence-electron chi connectivity index (χ2n) is 5.66. The summed E-state index contributed by atoms with van der Waals surface area (Å²) < 4.78 is 15.0. The second-order valence-corrected chi connectivity index (χ2v) is 5.66. The quantitative estimate of drug-likeness (QED) is 0.743. The number of aryl methyl sites for hydroxylation is 1. The lowest BCUT2D eigenvalue weighted by Gasteiger charge is -2.26. The monoisotopic (exact) mass is 245 g/mol. The largest absolute Gasteiger partial charge is 0.342 e. The summed E-state index contributed by atoms with van der Waals surface area (Å²) >= 11 is 0. The van der Waals surface area contributed by atoms with Gasteiger partial charge in [-0.1, -0.05) is 32.0 Å². The minimum Gasteiger partial charge on any atom is -0.342 e. The van der Waals surface area contributed by atoms with Crippen molar-refractivity contribution in [1.29, 1.82) is 0 Å². The summed E-state index contributed by atoms with van der Waals surface area (Å²) in [5.41, 5.74) is 4.05. The van der Waals surface area contributed by atoms with Crippen molar-refractivity contribution in [2.24, 2.45) is 5.92 Å². The summed E-state index contributed by atoms with van der Waals surface area (Å²) in [6, 6.07) is 8.46. The highest BCUT2D eigenvalue weighted by molar-refractivity contribution is 5.86. The van der Waals surface area contributed by atoms with Crippen LogP contribution in [0.15, 0.2) is 24.3 Å². The lowest BCUT2D eigenvalue weighted by Crippen LogP contribution is -2.17. The summed E-state index contributed by atoms with van der Waals surface area (Å²) in [4.78, 5) is 0. The smallest absolute Gasteiger partial charge is 0.107 e. The van der Waals surface area contributed by atoms with E-state index in [1.165, 1.54) is 28.6 Å². The van der Waals surface area contributed by atoms with Gasteiger partial charge in [0.25, 0.3) is 0 Å². The number of alkyl halides is 1. The molecule has 1 aromatic carbocycles. The number of hydrogen-bond donors (Lipinski definition) is 0. The van der Waals surface area contributed by atoms with Crippen molar-refractivity contribution in [2.75, 3.05) is 6.67 Å². The minimum atomic E-state index is -0.284. The molecule has 0 saturated carbocycles. The van der Waals surface area contributed by atoms with E-state index < -0.39 is 0 Å². The number of para-hydroxylation sites is 1. The van der Waals surface area contributed by atoms with E-state index in [2.05, 4.69) is 42.7 Å². The van der Waals surface area contributed by atoms with Crippen LogP contribution in [0.2, 0.25) is 0 Å². The van der Waals surface area contributed by atoms with Gasteiger partial charge in [-0.25, -0.2) is 4.39 Å². The van der Waals surface area contributed by atoms with Crippen LogP contribution < -0.4 is 0 Å². The van der Waals surface area contributed by atoms with E-state index in [1.54, 1.807) is 0 Å². The Balaban J connectivity index is 2.28. The number of hydrogen-bond acceptors (Lipinski definition) is 0. The Kier molecular flexibility index (Phi) is 2.89. The molecule has 0 spiro atoms. The zero-order chi connectivity index (χ0) is 12.7. The molecule has 1 aliphatic carbocycles. The molecule has 1 nitrogen and oxygen atoms in total. The van der Waals surface area contributed by atoms with Crippen molar-refractivity contribution < 1.29 is 4.39 Å². The van der Waals surface area contributed by atoms with Gasteiger partial charge in [-0.3, -0.25) is 0 Å². The van der Waals surface area contributed by atoms with E-state index in [9.17, 15) is 4.39 Å². The van der Waals surface area contributed by atoms with Crippen LogP contribution in [0.3, 0.4) is 0 Å². The van der Waals surface area contributed by atoms with Crippen molar-refractivity contribution in [3.05, 3.63) is 35.5 Å². The molecule has 0 bridgehead atoms. The summed E-state index contributed by atoms with van der Waals surface area (Å²) in [7, 11) is 0. The zero-order valence-corrected chi connectivity index (χ0v) is 11.1. The average Bonchev–Trinajstić information content (AvgIpc) is 2.65. The third kappa shape index (κ3) is 1.66. The molecule has 2 aromatic rings. The molecule has 2 unspecified atom stereocenters. The van der Waals surface area contributed by atoms with Gasteiger partial charge in [0.05, 0.1) is 6.54 Å². The van der Waals surface area contributed by atoms with E-state index >= 15 is 0 Å². The highest BCUT2D eigenvalue weighted by atomic mass is 19.1. The van der Waals surface area contributed by atoms with E-state index in [-0.39, 0.29) is 6.67 Å². The number of benzene rings is 1. The third-order valence-electron chi connectivity index (χ3n) is 4.22. The first kappa shape index (κ1) is 11.8. The predicted molar refractivity (Wildman–Crippen MR) is 73.8 cm³/mol. The van der Waals surface area contributed by atoms with Gasteiger partial charge in [-0.15, -0.1) is 0 Å². The van der Waals surface area contributed by atoms with E-state index in [0.717, 1.165) is 6.42 Å². The van der Waals surface area contributed by atoms with Crippen LogP contribution in [-0.4, -0.2) is 11.2 Å². The molecule has 0 radical (unpaired) electrons. The van der Waals surface area contributed by atoms with Gasteiger partial charge in [0, 0.05) is 16.6 Å². The van der Waals surface area contributed by atoms with Crippen LogP contribution in [-0.2, 0) is 13.0 Å². The van der Waals surface area contributed by atoms with Gasteiger partial charge in [0.15, 0.2) is 0 Å². The predicted octanol–water partition coefficient (Wildman–Crippen LogP) is 4.30. The summed E-state index contributed by atoms with van der Waals surface area (Å²) in [5.74, 6) is 1.30. The Morgan fingerprint density at radius 2 is 2.06 bits per heavy atom. The number of fused-ring (bicyclic) bond motifs is 3. The highest BCUT2D eigenvalue weighted by Crippen LogP contribution is 2.40. The molecule has 0 amide bonds. The first-order chi connectivity index (χ1) is 8.72. The summed E-state index contributed by atoms with van der Waals surface area (Å²) in [6.07, 6.45) is 2.34. The molecule has 0 aliphatic heterocycles. The Hall–Kier alpha value is -1.31. The van der Waals surface area contributed by atoms with E-state index in [0.29, 0.717) is 18.4 Å². The normalized spacial score (nSPS) is 23.3. The second kappa shape index (κ2) is 4.42. The third-order valence-corrected chi connectivity index (χ3v) is 4.22. The van der Waals surface area contributed by atoms with Gasteiger partial charge in [0.2, 0.25) is 0 Å². The fraction of sp³-hybridized carbons (Fsp3) is 0.500. The average molecular weight is 245 g/mol. The van der Waals surface area contributed by atoms with Crippen molar-refractivity contribution in [3.63, 3.8) is 0 Å². The van der Waals surface area contributed by atoms with Crippen molar-refractivity contribution in [3.8, 4) is 0 Å². The lowest BCUT2D eigenvalue weighted by atomic mass is 9.81. The first-order valence-corrected chi connectivity index (χ1v) is 6.88. The highest BCUT2D eigenvalue weighted by Gasteiger charge is 2.27. The summed E-state index contributed by atoms with van der Waals surface area (Å²) in [6.45, 7) is 4.82. The topological polar surface area (TPSA) is 4.93 Å². The molecule has 1 aromatic heterocycles. The van der Waals surface area contributed by atoms with Crippen LogP contribution in [0.4, 0.5) is 4.39 Å². The first-order valence-electron chi connectivity index (χ1n) is 6.88. The fourth-order valence-electron chi connectivity index (χ4n) is 3.63. The maximum Gasteiger partial charge on any atom is 0.107 e. The van der Waals surface area contributed by atoms with Crippen molar-refractivity contribution in [1.82, 2.24) is 4.57 Å². The molecule has 18 heavy (non-hydrogen) atoms. The standard InChI is InChI=1S/C16H20FN/c1-11-9-12(2)16-13-5-3-4-6-14(13)18(8-7-17)15(16)10-11/h3-6,11-12H,7-10H2,1-2H3. The van der Waals surface area contributed by atoms with Crippen molar-refractivity contribution in [2.45, 2.75) is 39.2 Å². The maximum absolute atomic E-state index is 12.8. The van der Waals surface area contributed by atoms with Gasteiger partial charge in [-0.05, 0) is 36.3 Å². The van der Waals surface area contributed by atoms with Crippen LogP contribution in [0.5, 0.6) is 0 Å². The Bertz CT molecular complexity index is 570. The number of halogens is 1. The van der Waals surface area contributed by atoms with Gasteiger partial charge >= 0.3 is 0 Å². The molecular formula is C16H20FN. The molecule has 1 heterocycles. The fourth-order valence-corrected chi connectivity index (χ4v) is 3.63. The zero-order valence-electron chi connectivity index (χ0n) is 11.1. The van der Waals surface area contributed by atoms with E-state index in [1.807, 2.05) is 0 Å². The lowest BCUT2D eigenvalue weighted by molar-refractivity contribution is 0.411. The maximum atomic E-state index is 12.8. The summed E-state index contributed by atoms with van der Waals surface area (Å²) in [5, 5.41) is 1.33. The molecule has 0 N–H and O–H groups in total. The number of aromatic nitrogens is 1. The van der Waals surface area contributed by atoms with Crippen LogP contribution in [0.1, 0.15) is 37.4 Å². The van der Waals surface area contributed by atoms with Gasteiger partial charge in [-0.2, -0.15) is 0 Å². The Morgan fingerprint density at radius 1 is 1.28 bits per heavy atom. The molecular weight excluding hydrogens is 225 g/mol.